The number of aromatic nitrogens is 4. The van der Waals surface area contributed by atoms with E-state index < -0.39 is 35.6 Å². The van der Waals surface area contributed by atoms with Gasteiger partial charge in [0.1, 0.15) is 5.82 Å². The SMILES string of the molecule is O=C(NCc1c(F)cccc1C(F)(F)F)c1nc(-c2cncs2)cc2nc[nH]c12. The highest BCUT2D eigenvalue weighted by Gasteiger charge is 2.34. The number of carbonyl (C=O) groups excluding carboxylic acids is 1. The molecule has 0 bridgehead atoms. The van der Waals surface area contributed by atoms with Crippen molar-refractivity contribution < 1.29 is 22.4 Å². The number of carbonyl (C=O) groups is 1. The zero-order valence-corrected chi connectivity index (χ0v) is 15.2. The summed E-state index contributed by atoms with van der Waals surface area (Å²) >= 11 is 1.31. The Labute approximate surface area is 164 Å². The van der Waals surface area contributed by atoms with Crippen LogP contribution in [-0.4, -0.2) is 25.8 Å². The highest BCUT2D eigenvalue weighted by molar-refractivity contribution is 7.13. The fraction of sp³-hybridized carbons (Fsp3) is 0.111. The lowest BCUT2D eigenvalue weighted by atomic mass is 10.1. The molecule has 4 rings (SSSR count). The van der Waals surface area contributed by atoms with Crippen LogP contribution in [0.25, 0.3) is 21.6 Å². The van der Waals surface area contributed by atoms with Crippen LogP contribution in [0.1, 0.15) is 21.6 Å². The molecule has 0 radical (unpaired) electrons. The average Bonchev–Trinajstić information content (AvgIpc) is 3.36. The predicted molar refractivity (Wildman–Crippen MR) is 97.6 cm³/mol. The van der Waals surface area contributed by atoms with Gasteiger partial charge in [0, 0.05) is 18.3 Å². The lowest BCUT2D eigenvalue weighted by Gasteiger charge is -2.14. The van der Waals surface area contributed by atoms with E-state index in [2.05, 4.69) is 25.3 Å². The van der Waals surface area contributed by atoms with E-state index in [4.69, 9.17) is 0 Å². The maximum Gasteiger partial charge on any atom is 0.416 e. The first-order valence-electron chi connectivity index (χ1n) is 8.20. The van der Waals surface area contributed by atoms with E-state index in [1.807, 2.05) is 0 Å². The van der Waals surface area contributed by atoms with Gasteiger partial charge in [-0.3, -0.25) is 9.78 Å². The topological polar surface area (TPSA) is 83.6 Å². The second-order valence-corrected chi connectivity index (χ2v) is 6.85. The first kappa shape index (κ1) is 19.0. The Morgan fingerprint density at radius 2 is 2.10 bits per heavy atom. The molecule has 0 atom stereocenters. The van der Waals surface area contributed by atoms with Crippen LogP contribution in [0.5, 0.6) is 0 Å². The lowest BCUT2D eigenvalue weighted by Crippen LogP contribution is -2.26. The Morgan fingerprint density at radius 3 is 2.83 bits per heavy atom. The van der Waals surface area contributed by atoms with Gasteiger partial charge in [-0.25, -0.2) is 14.4 Å². The highest BCUT2D eigenvalue weighted by atomic mass is 32.1. The predicted octanol–water partition coefficient (Wildman–Crippen LogP) is 4.17. The first-order valence-corrected chi connectivity index (χ1v) is 9.08. The van der Waals surface area contributed by atoms with Gasteiger partial charge in [0.25, 0.3) is 5.91 Å². The molecule has 6 nitrogen and oxygen atoms in total. The van der Waals surface area contributed by atoms with Crippen molar-refractivity contribution in [3.8, 4) is 10.6 Å². The van der Waals surface area contributed by atoms with Crippen molar-refractivity contribution >= 4 is 28.3 Å². The summed E-state index contributed by atoms with van der Waals surface area (Å²) in [6.07, 6.45) is -1.80. The summed E-state index contributed by atoms with van der Waals surface area (Å²) in [5, 5.41) is 2.32. The molecule has 29 heavy (non-hydrogen) atoms. The second-order valence-electron chi connectivity index (χ2n) is 5.96. The van der Waals surface area contributed by atoms with E-state index in [1.54, 1.807) is 17.8 Å². The van der Waals surface area contributed by atoms with E-state index >= 15 is 0 Å². The van der Waals surface area contributed by atoms with Gasteiger partial charge in [-0.2, -0.15) is 13.2 Å². The monoisotopic (exact) mass is 421 g/mol. The summed E-state index contributed by atoms with van der Waals surface area (Å²) < 4.78 is 53.4. The zero-order valence-electron chi connectivity index (χ0n) is 14.4. The van der Waals surface area contributed by atoms with Crippen molar-refractivity contribution in [2.75, 3.05) is 0 Å². The number of imidazole rings is 1. The Bertz CT molecular complexity index is 1190. The zero-order chi connectivity index (χ0) is 20.6. The van der Waals surface area contributed by atoms with E-state index in [9.17, 15) is 22.4 Å². The van der Waals surface area contributed by atoms with Gasteiger partial charge in [-0.15, -0.1) is 11.3 Å². The molecule has 148 valence electrons. The molecule has 4 aromatic rings. The van der Waals surface area contributed by atoms with Gasteiger partial charge in [0.05, 0.1) is 39.0 Å². The van der Waals surface area contributed by atoms with Crippen LogP contribution in [0.4, 0.5) is 17.6 Å². The molecule has 0 aliphatic rings. The molecule has 0 saturated heterocycles. The van der Waals surface area contributed by atoms with Crippen molar-refractivity contribution in [3.63, 3.8) is 0 Å². The quantitative estimate of drug-likeness (QED) is 0.485. The third kappa shape index (κ3) is 3.68. The molecular formula is C18H11F4N5OS. The third-order valence-corrected chi connectivity index (χ3v) is 4.96. The van der Waals surface area contributed by atoms with E-state index in [0.29, 0.717) is 21.6 Å². The summed E-state index contributed by atoms with van der Waals surface area (Å²) in [6.45, 7) is -0.650. The van der Waals surface area contributed by atoms with Crippen LogP contribution in [0.2, 0.25) is 0 Å². The van der Waals surface area contributed by atoms with Crippen molar-refractivity contribution in [2.24, 2.45) is 0 Å². The maximum atomic E-state index is 14.0. The van der Waals surface area contributed by atoms with Crippen LogP contribution >= 0.6 is 11.3 Å². The number of nitrogens with one attached hydrogen (secondary N) is 2. The molecule has 2 N–H and O–H groups in total. The molecule has 0 saturated carbocycles. The molecule has 3 aromatic heterocycles. The number of amides is 1. The van der Waals surface area contributed by atoms with Gasteiger partial charge in [-0.05, 0) is 18.2 Å². The number of alkyl halides is 3. The van der Waals surface area contributed by atoms with Gasteiger partial charge in [0.15, 0.2) is 5.69 Å². The fourth-order valence-electron chi connectivity index (χ4n) is 2.83. The number of halogens is 4. The summed E-state index contributed by atoms with van der Waals surface area (Å²) in [5.74, 6) is -1.82. The smallest absolute Gasteiger partial charge is 0.346 e. The number of pyridine rings is 1. The maximum absolute atomic E-state index is 14.0. The third-order valence-electron chi connectivity index (χ3n) is 4.16. The molecule has 0 aliphatic carbocycles. The Morgan fingerprint density at radius 1 is 1.28 bits per heavy atom. The van der Waals surface area contributed by atoms with Crippen molar-refractivity contribution in [1.82, 2.24) is 25.3 Å². The molecule has 1 aromatic carbocycles. The van der Waals surface area contributed by atoms with Gasteiger partial charge >= 0.3 is 6.18 Å². The summed E-state index contributed by atoms with van der Waals surface area (Å²) in [5.41, 5.74) is 0.967. The van der Waals surface area contributed by atoms with Crippen LogP contribution in [0.3, 0.4) is 0 Å². The van der Waals surface area contributed by atoms with Crippen LogP contribution in [0, 0.1) is 5.82 Å². The molecule has 11 heteroatoms. The number of benzene rings is 1. The molecule has 0 aliphatic heterocycles. The second kappa shape index (κ2) is 7.24. The highest BCUT2D eigenvalue weighted by Crippen LogP contribution is 2.33. The molecule has 0 unspecified atom stereocenters. The van der Waals surface area contributed by atoms with Gasteiger partial charge in [-0.1, -0.05) is 6.07 Å². The minimum Gasteiger partial charge on any atom is -0.346 e. The standard InChI is InChI=1S/C18H11F4N5OS/c19-11-3-1-2-10(18(20,21)22)9(11)5-24-17(28)16-15-13(25-7-26-15)4-12(27-16)14-6-23-8-29-14/h1-4,6-8H,5H2,(H,24,28)(H,25,26). The summed E-state index contributed by atoms with van der Waals surface area (Å²) in [4.78, 5) is 28.5. The number of H-pyrrole nitrogens is 1. The molecule has 3 heterocycles. The van der Waals surface area contributed by atoms with Crippen LogP contribution in [-0.2, 0) is 12.7 Å². The summed E-state index contributed by atoms with van der Waals surface area (Å²) in [6, 6.07) is 4.30. The van der Waals surface area contributed by atoms with Crippen LogP contribution < -0.4 is 5.32 Å². The van der Waals surface area contributed by atoms with Gasteiger partial charge < -0.3 is 10.3 Å². The van der Waals surface area contributed by atoms with Crippen LogP contribution in [0.15, 0.2) is 42.3 Å². The molecule has 1 amide bonds. The minimum absolute atomic E-state index is 0.0618. The van der Waals surface area contributed by atoms with Crippen molar-refractivity contribution in [2.45, 2.75) is 12.7 Å². The Hall–Kier alpha value is -3.34. The number of nitrogens with zero attached hydrogens (tertiary/aromatic N) is 3. The Balaban J connectivity index is 1.67. The lowest BCUT2D eigenvalue weighted by molar-refractivity contribution is -0.138. The normalized spacial score (nSPS) is 11.7. The number of aromatic amines is 1. The molecule has 0 spiro atoms. The van der Waals surface area contributed by atoms with Gasteiger partial charge in [0.2, 0.25) is 0 Å². The van der Waals surface area contributed by atoms with E-state index in [1.165, 1.54) is 17.7 Å². The number of rotatable bonds is 4. The molecule has 0 fully saturated rings. The van der Waals surface area contributed by atoms with Crippen molar-refractivity contribution in [1.29, 1.82) is 0 Å². The number of hydrogen-bond acceptors (Lipinski definition) is 5. The number of fused-ring (bicyclic) bond motifs is 1. The first-order chi connectivity index (χ1) is 13.8. The number of thiazole rings is 1. The van der Waals surface area contributed by atoms with E-state index in [0.717, 1.165) is 18.2 Å². The molecular weight excluding hydrogens is 410 g/mol. The summed E-state index contributed by atoms with van der Waals surface area (Å²) in [7, 11) is 0. The minimum atomic E-state index is -4.75. The van der Waals surface area contributed by atoms with E-state index in [-0.39, 0.29) is 5.69 Å². The fourth-order valence-corrected chi connectivity index (χ4v) is 3.41. The Kier molecular flexibility index (Phi) is 4.74. The van der Waals surface area contributed by atoms with Crippen molar-refractivity contribution in [3.05, 3.63) is 64.9 Å². The average molecular weight is 421 g/mol. The largest absolute Gasteiger partial charge is 0.416 e. The number of hydrogen-bond donors (Lipinski definition) is 2.